The highest BCUT2D eigenvalue weighted by molar-refractivity contribution is 7.07. The predicted octanol–water partition coefficient (Wildman–Crippen LogP) is 2.39. The zero-order chi connectivity index (χ0) is 23.5. The van der Waals surface area contributed by atoms with E-state index in [4.69, 9.17) is 0 Å². The van der Waals surface area contributed by atoms with Crippen molar-refractivity contribution < 1.29 is 4.79 Å². The molecular weight excluding hydrogens is 434 g/mol. The predicted molar refractivity (Wildman–Crippen MR) is 130 cm³/mol. The molecule has 0 spiro atoms. The number of thiazole rings is 1. The van der Waals surface area contributed by atoms with Crippen LogP contribution in [-0.4, -0.2) is 20.3 Å². The van der Waals surface area contributed by atoms with Gasteiger partial charge in [0, 0.05) is 24.5 Å². The third kappa shape index (κ3) is 4.40. The highest BCUT2D eigenvalue weighted by atomic mass is 32.1. The smallest absolute Gasteiger partial charge is 0.273 e. The third-order valence-electron chi connectivity index (χ3n) is 5.15. The van der Waals surface area contributed by atoms with E-state index in [-0.39, 0.29) is 15.8 Å². The van der Waals surface area contributed by atoms with Gasteiger partial charge in [0.1, 0.15) is 10.7 Å². The van der Waals surface area contributed by atoms with Crippen LogP contribution in [0.25, 0.3) is 17.3 Å². The molecule has 2 aromatic heterocycles. The number of rotatable bonds is 4. The van der Waals surface area contributed by atoms with Crippen molar-refractivity contribution in [2.24, 2.45) is 7.05 Å². The second kappa shape index (κ2) is 9.10. The van der Waals surface area contributed by atoms with Crippen LogP contribution in [0.15, 0.2) is 65.7 Å². The molecule has 0 unspecified atom stereocenters. The Labute approximate surface area is 194 Å². The van der Waals surface area contributed by atoms with E-state index < -0.39 is 5.91 Å². The van der Waals surface area contributed by atoms with Gasteiger partial charge in [-0.3, -0.25) is 18.8 Å². The number of aryl methyl sites for hydroxylation is 3. The Morgan fingerprint density at radius 3 is 2.45 bits per heavy atom. The summed E-state index contributed by atoms with van der Waals surface area (Å²) >= 11 is 1.11. The van der Waals surface area contributed by atoms with Gasteiger partial charge in [0.2, 0.25) is 0 Å². The summed E-state index contributed by atoms with van der Waals surface area (Å²) < 4.78 is 3.76. The first kappa shape index (κ1) is 22.0. The third-order valence-corrected chi connectivity index (χ3v) is 6.24. The Balaban J connectivity index is 1.99. The van der Waals surface area contributed by atoms with Crippen LogP contribution in [0.4, 0.5) is 5.69 Å². The summed E-state index contributed by atoms with van der Waals surface area (Å²) in [5.74, 6) is -0.566. The lowest BCUT2D eigenvalue weighted by molar-refractivity contribution is -0.111. The van der Waals surface area contributed by atoms with Crippen molar-refractivity contribution in [3.63, 3.8) is 0 Å². The maximum Gasteiger partial charge on any atom is 0.273 e. The highest BCUT2D eigenvalue weighted by Crippen LogP contribution is 2.15. The number of nitrogens with one attached hydrogen (secondary N) is 1. The summed E-state index contributed by atoms with van der Waals surface area (Å²) in [6.07, 6.45) is 5.15. The maximum atomic E-state index is 13.5. The number of carbonyl (C=O) groups excluding carboxylic acids is 1. The Morgan fingerprint density at radius 2 is 1.82 bits per heavy atom. The number of amides is 1. The van der Waals surface area contributed by atoms with Crippen molar-refractivity contribution in [1.82, 2.24) is 14.3 Å². The van der Waals surface area contributed by atoms with Crippen LogP contribution in [-0.2, 0) is 11.8 Å². The molecule has 4 rings (SSSR count). The lowest BCUT2D eigenvalue weighted by Gasteiger charge is -2.09. The van der Waals surface area contributed by atoms with E-state index in [1.165, 1.54) is 4.57 Å². The summed E-state index contributed by atoms with van der Waals surface area (Å²) in [5.41, 5.74) is 3.27. The van der Waals surface area contributed by atoms with E-state index in [1.54, 1.807) is 42.3 Å². The number of anilines is 1. The average molecular weight is 456 g/mol. The van der Waals surface area contributed by atoms with Crippen LogP contribution in [0.5, 0.6) is 0 Å². The monoisotopic (exact) mass is 455 g/mol. The van der Waals surface area contributed by atoms with Gasteiger partial charge >= 0.3 is 0 Å². The summed E-state index contributed by atoms with van der Waals surface area (Å²) in [5, 5.41) is 16.9. The normalized spacial score (nSPS) is 12.4. The SMILES string of the molecule is Cc1ccccc1NC(=O)C(C#N)=c1sc(=Cc2cnn(C)c2)c(=O)n1-c1ccccc1C. The first-order valence-corrected chi connectivity index (χ1v) is 11.0. The first-order valence-electron chi connectivity index (χ1n) is 10.2. The minimum Gasteiger partial charge on any atom is -0.321 e. The fraction of sp³-hybridized carbons (Fsp3) is 0.120. The van der Waals surface area contributed by atoms with Gasteiger partial charge < -0.3 is 5.32 Å². The fourth-order valence-corrected chi connectivity index (χ4v) is 4.54. The number of nitrogens with zero attached hydrogens (tertiary/aromatic N) is 4. The van der Waals surface area contributed by atoms with Crippen molar-refractivity contribution in [2.75, 3.05) is 5.32 Å². The van der Waals surface area contributed by atoms with E-state index >= 15 is 0 Å². The Morgan fingerprint density at radius 1 is 1.12 bits per heavy atom. The molecule has 7 nitrogen and oxygen atoms in total. The van der Waals surface area contributed by atoms with Gasteiger partial charge in [-0.25, -0.2) is 0 Å². The molecule has 8 heteroatoms. The largest absolute Gasteiger partial charge is 0.321 e. The molecule has 0 bridgehead atoms. The van der Waals surface area contributed by atoms with Crippen LogP contribution in [0.3, 0.4) is 0 Å². The highest BCUT2D eigenvalue weighted by Gasteiger charge is 2.18. The minimum absolute atomic E-state index is 0.130. The molecule has 33 heavy (non-hydrogen) atoms. The fourth-order valence-electron chi connectivity index (χ4n) is 3.44. The number of aromatic nitrogens is 3. The Hall–Kier alpha value is -4.22. The topological polar surface area (TPSA) is 92.7 Å². The van der Waals surface area contributed by atoms with Gasteiger partial charge in [-0.15, -0.1) is 11.3 Å². The summed E-state index contributed by atoms with van der Waals surface area (Å²) in [6.45, 7) is 3.75. The van der Waals surface area contributed by atoms with E-state index in [0.29, 0.717) is 15.9 Å². The molecule has 0 atom stereocenters. The number of nitriles is 1. The lowest BCUT2D eigenvalue weighted by Crippen LogP contribution is -2.32. The van der Waals surface area contributed by atoms with Gasteiger partial charge in [0.15, 0.2) is 5.57 Å². The Kier molecular flexibility index (Phi) is 6.07. The molecule has 0 radical (unpaired) electrons. The maximum absolute atomic E-state index is 13.5. The second-order valence-electron chi connectivity index (χ2n) is 7.55. The number of hydrogen-bond donors (Lipinski definition) is 1. The summed E-state index contributed by atoms with van der Waals surface area (Å²) in [4.78, 5) is 26.6. The molecular formula is C25H21N5O2S. The molecule has 1 N–H and O–H groups in total. The van der Waals surface area contributed by atoms with Gasteiger partial charge in [-0.1, -0.05) is 36.4 Å². The quantitative estimate of drug-likeness (QED) is 0.511. The molecule has 2 heterocycles. The molecule has 0 saturated carbocycles. The average Bonchev–Trinajstić information content (AvgIpc) is 3.34. The van der Waals surface area contributed by atoms with Crippen LogP contribution in [0.1, 0.15) is 16.7 Å². The van der Waals surface area contributed by atoms with Crippen LogP contribution in [0.2, 0.25) is 0 Å². The minimum atomic E-state index is -0.566. The second-order valence-corrected chi connectivity index (χ2v) is 8.58. The van der Waals surface area contributed by atoms with Crippen molar-refractivity contribution in [2.45, 2.75) is 13.8 Å². The summed E-state index contributed by atoms with van der Waals surface area (Å²) in [6, 6.07) is 16.7. The first-order chi connectivity index (χ1) is 15.9. The molecule has 164 valence electrons. The number of carbonyl (C=O) groups is 1. The van der Waals surface area contributed by atoms with E-state index in [2.05, 4.69) is 10.4 Å². The lowest BCUT2D eigenvalue weighted by atomic mass is 10.2. The molecule has 0 aliphatic carbocycles. The van der Waals surface area contributed by atoms with Gasteiger partial charge in [0.25, 0.3) is 11.5 Å². The van der Waals surface area contributed by atoms with Gasteiger partial charge in [-0.05, 0) is 43.2 Å². The van der Waals surface area contributed by atoms with E-state index in [1.807, 2.05) is 56.3 Å². The van der Waals surface area contributed by atoms with Crippen LogP contribution in [0, 0.1) is 25.2 Å². The summed E-state index contributed by atoms with van der Waals surface area (Å²) in [7, 11) is 1.79. The van der Waals surface area contributed by atoms with Gasteiger partial charge in [-0.2, -0.15) is 10.4 Å². The van der Waals surface area contributed by atoms with E-state index in [0.717, 1.165) is 28.0 Å². The Bertz CT molecular complexity index is 1580. The standard InChI is InChI=1S/C25H21N5O2S/c1-16-8-4-6-10-20(16)28-23(31)19(13-26)25-30(21-11-7-5-9-17(21)2)24(32)22(33-25)12-18-14-27-29(3)15-18/h4-12,14-15H,1-3H3,(H,28,31). The van der Waals surface area contributed by atoms with Crippen molar-refractivity contribution >= 4 is 34.6 Å². The van der Waals surface area contributed by atoms with E-state index in [9.17, 15) is 14.9 Å². The molecule has 0 saturated heterocycles. The van der Waals surface area contributed by atoms with Crippen LogP contribution < -0.4 is 20.1 Å². The number of benzene rings is 2. The number of para-hydroxylation sites is 2. The van der Waals surface area contributed by atoms with Crippen molar-refractivity contribution in [1.29, 1.82) is 5.26 Å². The zero-order valence-corrected chi connectivity index (χ0v) is 19.2. The molecule has 1 amide bonds. The van der Waals surface area contributed by atoms with Crippen molar-refractivity contribution in [3.8, 4) is 11.8 Å². The van der Waals surface area contributed by atoms with Crippen LogP contribution >= 0.6 is 11.3 Å². The molecule has 2 aromatic carbocycles. The molecule has 4 aromatic rings. The van der Waals surface area contributed by atoms with Crippen molar-refractivity contribution in [3.05, 3.63) is 97.2 Å². The molecule has 0 fully saturated rings. The molecule has 0 aliphatic rings. The van der Waals surface area contributed by atoms with Gasteiger partial charge in [0.05, 0.1) is 16.4 Å². The molecule has 0 aliphatic heterocycles. The zero-order valence-electron chi connectivity index (χ0n) is 18.4. The number of hydrogen-bond acceptors (Lipinski definition) is 5.